The van der Waals surface area contributed by atoms with Crippen LogP contribution in [0.1, 0.15) is 393 Å². The summed E-state index contributed by atoms with van der Waals surface area (Å²) in [6.45, 7) is 4.87. The second-order valence-corrected chi connectivity index (χ2v) is 24.9. The second-order valence-electron chi connectivity index (χ2n) is 24.9. The SMILES string of the molecule is CCC/C=C\C/C=C\CCCCCCCC(=O)OCCCCCCCCCCCCCC/C=C\CCCCCCCCCCCCC(=O)NC(CO)C(O)/C=C/CCCCCCCCCCCCCCCCCCCCCCCCC. The van der Waals surface area contributed by atoms with E-state index >= 15 is 0 Å². The van der Waals surface area contributed by atoms with Crippen molar-refractivity contribution in [2.45, 2.75) is 405 Å². The Labute approximate surface area is 506 Å². The number of rotatable bonds is 68. The first kappa shape index (κ1) is 78.8. The number of aliphatic hydroxyl groups excluding tert-OH is 2. The molecule has 81 heavy (non-hydrogen) atoms. The number of hydrogen-bond donors (Lipinski definition) is 3. The predicted molar refractivity (Wildman–Crippen MR) is 356 cm³/mol. The Kier molecular flexibility index (Phi) is 68.4. The van der Waals surface area contributed by atoms with Crippen LogP contribution in [0.2, 0.25) is 0 Å². The van der Waals surface area contributed by atoms with E-state index in [-0.39, 0.29) is 18.5 Å². The van der Waals surface area contributed by atoms with Crippen LogP contribution in [0.4, 0.5) is 0 Å². The lowest BCUT2D eigenvalue weighted by molar-refractivity contribution is -0.143. The van der Waals surface area contributed by atoms with Crippen LogP contribution >= 0.6 is 0 Å². The quantitative estimate of drug-likeness (QED) is 0.0320. The van der Waals surface area contributed by atoms with Gasteiger partial charge in [0.25, 0.3) is 0 Å². The molecule has 6 heteroatoms. The van der Waals surface area contributed by atoms with Gasteiger partial charge >= 0.3 is 5.97 Å². The highest BCUT2D eigenvalue weighted by molar-refractivity contribution is 5.76. The average Bonchev–Trinajstić information content (AvgIpc) is 3.47. The third-order valence-electron chi connectivity index (χ3n) is 16.8. The molecule has 0 aromatic rings. The number of carbonyl (C=O) groups excluding carboxylic acids is 2. The van der Waals surface area contributed by atoms with Crippen molar-refractivity contribution in [3.63, 3.8) is 0 Å². The fourth-order valence-corrected chi connectivity index (χ4v) is 11.3. The number of unbranched alkanes of at least 4 members (excludes halogenated alkanes) is 51. The molecular weight excluding hydrogens is 995 g/mol. The first-order valence-electron chi connectivity index (χ1n) is 36.4. The van der Waals surface area contributed by atoms with Gasteiger partial charge in [0.2, 0.25) is 5.91 Å². The number of esters is 1. The fourth-order valence-electron chi connectivity index (χ4n) is 11.3. The molecule has 1 amide bonds. The normalized spacial score (nSPS) is 12.8. The summed E-state index contributed by atoms with van der Waals surface area (Å²) in [5, 5.41) is 23.3. The van der Waals surface area contributed by atoms with E-state index in [1.807, 2.05) is 6.08 Å². The van der Waals surface area contributed by atoms with Crippen molar-refractivity contribution in [3.8, 4) is 0 Å². The van der Waals surface area contributed by atoms with Crippen molar-refractivity contribution >= 4 is 11.9 Å². The van der Waals surface area contributed by atoms with Crippen LogP contribution in [-0.2, 0) is 14.3 Å². The minimum atomic E-state index is -0.848. The largest absolute Gasteiger partial charge is 0.466 e. The molecule has 0 saturated heterocycles. The van der Waals surface area contributed by atoms with Gasteiger partial charge in [-0.3, -0.25) is 9.59 Å². The van der Waals surface area contributed by atoms with Gasteiger partial charge < -0.3 is 20.3 Å². The molecule has 2 unspecified atom stereocenters. The third kappa shape index (κ3) is 66.8. The maximum atomic E-state index is 12.5. The molecule has 0 heterocycles. The topological polar surface area (TPSA) is 95.9 Å². The molecular formula is C75H141NO5. The monoisotopic (exact) mass is 1140 g/mol. The van der Waals surface area contributed by atoms with Gasteiger partial charge in [0.05, 0.1) is 25.4 Å². The van der Waals surface area contributed by atoms with E-state index in [0.29, 0.717) is 19.4 Å². The highest BCUT2D eigenvalue weighted by atomic mass is 16.5. The highest BCUT2D eigenvalue weighted by Crippen LogP contribution is 2.19. The molecule has 0 aliphatic heterocycles. The van der Waals surface area contributed by atoms with Crippen LogP contribution in [0.15, 0.2) is 48.6 Å². The van der Waals surface area contributed by atoms with Crippen LogP contribution in [-0.4, -0.2) is 47.4 Å². The molecule has 0 saturated carbocycles. The molecule has 0 aromatic heterocycles. The van der Waals surface area contributed by atoms with E-state index in [4.69, 9.17) is 4.74 Å². The molecule has 0 aliphatic rings. The summed E-state index contributed by atoms with van der Waals surface area (Å²) >= 11 is 0. The summed E-state index contributed by atoms with van der Waals surface area (Å²) in [4.78, 5) is 24.6. The van der Waals surface area contributed by atoms with Crippen LogP contribution in [0.3, 0.4) is 0 Å². The van der Waals surface area contributed by atoms with E-state index < -0.39 is 12.1 Å². The fraction of sp³-hybridized carbons (Fsp3) is 0.867. The summed E-state index contributed by atoms with van der Waals surface area (Å²) in [6, 6.07) is -0.632. The lowest BCUT2D eigenvalue weighted by Gasteiger charge is -2.20. The summed E-state index contributed by atoms with van der Waals surface area (Å²) < 4.78 is 5.47. The number of aliphatic hydroxyl groups is 2. The predicted octanol–water partition coefficient (Wildman–Crippen LogP) is 23.6. The summed E-state index contributed by atoms with van der Waals surface area (Å²) in [7, 11) is 0. The Morgan fingerprint density at radius 3 is 1.00 bits per heavy atom. The number of ether oxygens (including phenoxy) is 1. The van der Waals surface area contributed by atoms with Crippen molar-refractivity contribution in [1.82, 2.24) is 5.32 Å². The van der Waals surface area contributed by atoms with Gasteiger partial charge in [-0.25, -0.2) is 0 Å². The number of amides is 1. The van der Waals surface area contributed by atoms with Crippen LogP contribution in [0, 0.1) is 0 Å². The number of hydrogen-bond acceptors (Lipinski definition) is 5. The van der Waals surface area contributed by atoms with Crippen molar-refractivity contribution in [2.24, 2.45) is 0 Å². The van der Waals surface area contributed by atoms with Crippen LogP contribution in [0.5, 0.6) is 0 Å². The first-order chi connectivity index (χ1) is 40.0. The van der Waals surface area contributed by atoms with Crippen molar-refractivity contribution in [3.05, 3.63) is 48.6 Å². The zero-order valence-corrected chi connectivity index (χ0v) is 54.5. The average molecular weight is 1140 g/mol. The Morgan fingerprint density at radius 2 is 0.642 bits per heavy atom. The molecule has 2 atom stereocenters. The Hall–Kier alpha value is -2.18. The van der Waals surface area contributed by atoms with Gasteiger partial charge in [0.15, 0.2) is 0 Å². The summed E-state index contributed by atoms with van der Waals surface area (Å²) in [6.07, 6.45) is 92.0. The molecule has 0 aliphatic carbocycles. The molecule has 0 radical (unpaired) electrons. The van der Waals surface area contributed by atoms with Crippen molar-refractivity contribution in [2.75, 3.05) is 13.2 Å². The smallest absolute Gasteiger partial charge is 0.305 e. The van der Waals surface area contributed by atoms with E-state index in [9.17, 15) is 19.8 Å². The molecule has 6 nitrogen and oxygen atoms in total. The standard InChI is InChI=1S/C75H141NO5/c1-3-5-7-9-11-13-15-17-18-19-20-21-22-25-28-31-34-37-40-44-47-51-55-59-63-67-73(78)72(71-77)76-74(79)68-64-60-56-52-48-45-41-38-35-32-29-26-23-24-27-30-33-36-39-42-46-50-54-58-62-66-70-81-75(80)69-65-61-57-53-49-43-16-14-12-10-8-6-4-2/h8,10,14,16,23,26,63,67,72-73,77-78H,3-7,9,11-13,15,17-22,24-25,27-62,64-66,68-71H2,1-2H3,(H,76,79)/b10-8-,16-14-,26-23-,67-63+. The lowest BCUT2D eigenvalue weighted by Crippen LogP contribution is -2.45. The Balaban J connectivity index is 3.43. The lowest BCUT2D eigenvalue weighted by atomic mass is 10.0. The molecule has 0 aromatic carbocycles. The Bertz CT molecular complexity index is 1360. The van der Waals surface area contributed by atoms with E-state index in [2.05, 4.69) is 55.6 Å². The second kappa shape index (κ2) is 70.3. The van der Waals surface area contributed by atoms with E-state index in [0.717, 1.165) is 51.4 Å². The van der Waals surface area contributed by atoms with E-state index in [1.165, 1.54) is 315 Å². The van der Waals surface area contributed by atoms with Gasteiger partial charge in [-0.05, 0) is 83.5 Å². The van der Waals surface area contributed by atoms with Gasteiger partial charge in [-0.2, -0.15) is 0 Å². The van der Waals surface area contributed by atoms with Gasteiger partial charge in [-0.15, -0.1) is 0 Å². The molecule has 0 fully saturated rings. The van der Waals surface area contributed by atoms with E-state index in [1.54, 1.807) is 6.08 Å². The zero-order chi connectivity index (χ0) is 58.5. The van der Waals surface area contributed by atoms with Gasteiger partial charge in [-0.1, -0.05) is 345 Å². The van der Waals surface area contributed by atoms with Crippen LogP contribution < -0.4 is 5.32 Å². The molecule has 3 N–H and O–H groups in total. The Morgan fingerprint density at radius 1 is 0.346 bits per heavy atom. The van der Waals surface area contributed by atoms with Crippen LogP contribution in [0.25, 0.3) is 0 Å². The summed E-state index contributed by atoms with van der Waals surface area (Å²) in [5.41, 5.74) is 0. The number of allylic oxidation sites excluding steroid dienone is 7. The number of carbonyl (C=O) groups is 2. The first-order valence-corrected chi connectivity index (χ1v) is 36.4. The molecule has 0 rings (SSSR count). The minimum Gasteiger partial charge on any atom is -0.466 e. The minimum absolute atomic E-state index is 0.00125. The number of nitrogens with one attached hydrogen (secondary N) is 1. The summed E-state index contributed by atoms with van der Waals surface area (Å²) in [5.74, 6) is -0.0673. The highest BCUT2D eigenvalue weighted by Gasteiger charge is 2.18. The van der Waals surface area contributed by atoms with Crippen molar-refractivity contribution < 1.29 is 24.5 Å². The maximum Gasteiger partial charge on any atom is 0.305 e. The van der Waals surface area contributed by atoms with Gasteiger partial charge in [0, 0.05) is 12.8 Å². The van der Waals surface area contributed by atoms with Gasteiger partial charge in [0.1, 0.15) is 0 Å². The maximum absolute atomic E-state index is 12.5. The third-order valence-corrected chi connectivity index (χ3v) is 16.8. The molecule has 476 valence electrons. The zero-order valence-electron chi connectivity index (χ0n) is 54.5. The van der Waals surface area contributed by atoms with Crippen molar-refractivity contribution in [1.29, 1.82) is 0 Å². The molecule has 0 bridgehead atoms. The molecule has 0 spiro atoms.